The number of hydrogen-bond donors (Lipinski definition) is 2. The third-order valence-electron chi connectivity index (χ3n) is 4.31. The lowest BCUT2D eigenvalue weighted by Gasteiger charge is -2.33. The number of carbonyl (C=O) groups is 1. The van der Waals surface area contributed by atoms with Gasteiger partial charge in [-0.25, -0.2) is 4.79 Å². The summed E-state index contributed by atoms with van der Waals surface area (Å²) < 4.78 is 11.7. The van der Waals surface area contributed by atoms with Crippen LogP contribution in [-0.2, 0) is 4.74 Å². The van der Waals surface area contributed by atoms with Crippen LogP contribution >= 0.6 is 0 Å². The molecule has 2 N–H and O–H groups in total. The lowest BCUT2D eigenvalue weighted by Crippen LogP contribution is -2.41. The monoisotopic (exact) mass is 304 g/mol. The zero-order chi connectivity index (χ0) is 16.1. The molecule has 0 aliphatic carbocycles. The fourth-order valence-corrected chi connectivity index (χ4v) is 3.09. The summed E-state index contributed by atoms with van der Waals surface area (Å²) in [5.41, 5.74) is 1.27. The number of carboxylic acid groups (broad SMARTS) is 1. The third kappa shape index (κ3) is 2.35. The number of phenolic OH excluding ortho intramolecular Hbond substituents is 1. The molecule has 3 unspecified atom stereocenters. The molecule has 0 saturated carbocycles. The molecular weight excluding hydrogens is 284 g/mol. The van der Waals surface area contributed by atoms with Crippen LogP contribution < -0.4 is 4.74 Å². The van der Waals surface area contributed by atoms with Crippen molar-refractivity contribution in [1.29, 1.82) is 0 Å². The first-order valence-corrected chi connectivity index (χ1v) is 7.40. The van der Waals surface area contributed by atoms with Gasteiger partial charge in [-0.15, -0.1) is 0 Å². The maximum Gasteiger partial charge on any atom is 0.336 e. The number of aromatic carboxylic acids is 1. The van der Waals surface area contributed by atoms with Gasteiger partial charge in [0.05, 0.1) is 5.56 Å². The van der Waals surface area contributed by atoms with E-state index in [9.17, 15) is 15.0 Å². The van der Waals surface area contributed by atoms with Crippen LogP contribution in [-0.4, -0.2) is 27.9 Å². The largest absolute Gasteiger partial charge is 0.504 e. The highest BCUT2D eigenvalue weighted by Crippen LogP contribution is 2.58. The molecule has 0 amide bonds. The molecule has 3 rings (SSSR count). The van der Waals surface area contributed by atoms with E-state index in [1.54, 1.807) is 0 Å². The van der Waals surface area contributed by atoms with E-state index in [1.807, 2.05) is 20.8 Å². The van der Waals surface area contributed by atoms with E-state index in [0.717, 1.165) is 12.8 Å². The van der Waals surface area contributed by atoms with Gasteiger partial charge in [0.25, 0.3) is 0 Å². The van der Waals surface area contributed by atoms with Crippen molar-refractivity contribution in [2.45, 2.75) is 51.4 Å². The number of rotatable bonds is 4. The molecule has 2 aliphatic heterocycles. The summed E-state index contributed by atoms with van der Waals surface area (Å²) in [5.74, 6) is -0.831. The van der Waals surface area contributed by atoms with Crippen LogP contribution in [0.5, 0.6) is 11.5 Å². The number of hydrogen-bond acceptors (Lipinski definition) is 4. The highest BCUT2D eigenvalue weighted by Gasteiger charge is 2.60. The predicted octanol–water partition coefficient (Wildman–Crippen LogP) is 3.43. The Hall–Kier alpha value is -2.01. The molecule has 22 heavy (non-hydrogen) atoms. The fourth-order valence-electron chi connectivity index (χ4n) is 3.09. The molecule has 3 atom stereocenters. The van der Waals surface area contributed by atoms with Gasteiger partial charge in [0.15, 0.2) is 11.5 Å². The van der Waals surface area contributed by atoms with Crippen LogP contribution in [0.15, 0.2) is 23.8 Å². The Morgan fingerprint density at radius 3 is 2.77 bits per heavy atom. The lowest BCUT2D eigenvalue weighted by molar-refractivity contribution is 0.0428. The van der Waals surface area contributed by atoms with Crippen molar-refractivity contribution >= 4 is 5.97 Å². The minimum Gasteiger partial charge on any atom is -0.504 e. The molecule has 1 saturated heterocycles. The smallest absolute Gasteiger partial charge is 0.336 e. The van der Waals surface area contributed by atoms with Gasteiger partial charge in [0, 0.05) is 5.56 Å². The first-order valence-electron chi connectivity index (χ1n) is 7.40. The summed E-state index contributed by atoms with van der Waals surface area (Å²) in [5, 5.41) is 19.4. The van der Waals surface area contributed by atoms with Crippen molar-refractivity contribution in [3.63, 3.8) is 0 Å². The molecule has 5 heteroatoms. The van der Waals surface area contributed by atoms with E-state index in [-0.39, 0.29) is 29.3 Å². The standard InChI is InChI=1S/C17H20O5/c1-9(2)5-4-8-17(3)15-14(21-15)12-10(16(19)20)6-7-11(18)13(12)22-17/h5-7,14-15,18H,4,8H2,1-3H3,(H,19,20). The summed E-state index contributed by atoms with van der Waals surface area (Å²) in [4.78, 5) is 11.4. The summed E-state index contributed by atoms with van der Waals surface area (Å²) in [6, 6.07) is 2.76. The first kappa shape index (κ1) is 14.9. The van der Waals surface area contributed by atoms with Gasteiger partial charge >= 0.3 is 5.97 Å². The van der Waals surface area contributed by atoms with Gasteiger partial charge in [-0.2, -0.15) is 0 Å². The fraction of sp³-hybridized carbons (Fsp3) is 0.471. The lowest BCUT2D eigenvalue weighted by atomic mass is 9.86. The summed E-state index contributed by atoms with van der Waals surface area (Å²) in [6.07, 6.45) is 3.26. The molecular formula is C17H20O5. The van der Waals surface area contributed by atoms with Crippen LogP contribution in [0.1, 0.15) is 55.6 Å². The molecule has 2 heterocycles. The van der Waals surface area contributed by atoms with Crippen molar-refractivity contribution in [2.24, 2.45) is 0 Å². The van der Waals surface area contributed by atoms with E-state index in [4.69, 9.17) is 9.47 Å². The Kier molecular flexibility index (Phi) is 3.40. The van der Waals surface area contributed by atoms with Crippen molar-refractivity contribution in [3.05, 3.63) is 34.9 Å². The predicted molar refractivity (Wildman–Crippen MR) is 80.4 cm³/mol. The highest BCUT2D eigenvalue weighted by molar-refractivity contribution is 5.91. The van der Waals surface area contributed by atoms with Crippen LogP contribution in [0.2, 0.25) is 0 Å². The number of allylic oxidation sites excluding steroid dienone is 2. The number of phenols is 1. The normalized spacial score (nSPS) is 28.1. The van der Waals surface area contributed by atoms with Crippen LogP contribution in [0.25, 0.3) is 0 Å². The minimum absolute atomic E-state index is 0.0395. The van der Waals surface area contributed by atoms with Gasteiger partial charge in [0.2, 0.25) is 0 Å². The Morgan fingerprint density at radius 2 is 2.14 bits per heavy atom. The van der Waals surface area contributed by atoms with Gasteiger partial charge in [0.1, 0.15) is 17.8 Å². The van der Waals surface area contributed by atoms with Crippen molar-refractivity contribution < 1.29 is 24.5 Å². The van der Waals surface area contributed by atoms with Gasteiger partial charge in [-0.3, -0.25) is 0 Å². The maximum atomic E-state index is 11.4. The molecule has 2 aliphatic rings. The van der Waals surface area contributed by atoms with Gasteiger partial charge in [-0.05, 0) is 45.7 Å². The summed E-state index contributed by atoms with van der Waals surface area (Å²) in [6.45, 7) is 6.04. The number of aromatic hydroxyl groups is 1. The van der Waals surface area contributed by atoms with Crippen molar-refractivity contribution in [2.75, 3.05) is 0 Å². The zero-order valence-corrected chi connectivity index (χ0v) is 12.9. The number of carboxylic acids is 1. The molecule has 5 nitrogen and oxygen atoms in total. The zero-order valence-electron chi connectivity index (χ0n) is 12.9. The van der Waals surface area contributed by atoms with Crippen molar-refractivity contribution in [1.82, 2.24) is 0 Å². The average Bonchev–Trinajstić information content (AvgIpc) is 3.21. The van der Waals surface area contributed by atoms with Gasteiger partial charge in [-0.1, -0.05) is 11.6 Å². The summed E-state index contributed by atoms with van der Waals surface area (Å²) >= 11 is 0. The van der Waals surface area contributed by atoms with E-state index < -0.39 is 11.6 Å². The Balaban J connectivity index is 1.94. The number of fused-ring (bicyclic) bond motifs is 3. The first-order chi connectivity index (χ1) is 10.3. The van der Waals surface area contributed by atoms with Crippen LogP contribution in [0, 0.1) is 0 Å². The minimum atomic E-state index is -1.04. The topological polar surface area (TPSA) is 79.3 Å². The van der Waals surface area contributed by atoms with Crippen LogP contribution in [0.3, 0.4) is 0 Å². The second-order valence-electron chi connectivity index (χ2n) is 6.39. The second-order valence-corrected chi connectivity index (χ2v) is 6.39. The maximum absolute atomic E-state index is 11.4. The third-order valence-corrected chi connectivity index (χ3v) is 4.31. The summed E-state index contributed by atoms with van der Waals surface area (Å²) in [7, 11) is 0. The van der Waals surface area contributed by atoms with E-state index in [2.05, 4.69) is 6.08 Å². The Morgan fingerprint density at radius 1 is 1.41 bits per heavy atom. The number of benzene rings is 1. The quantitative estimate of drug-likeness (QED) is 0.658. The molecule has 0 aromatic heterocycles. The average molecular weight is 304 g/mol. The molecule has 0 bridgehead atoms. The molecule has 1 aromatic carbocycles. The number of ether oxygens (including phenoxy) is 2. The molecule has 118 valence electrons. The van der Waals surface area contributed by atoms with Gasteiger partial charge < -0.3 is 19.7 Å². The second kappa shape index (κ2) is 5.02. The Bertz CT molecular complexity index is 659. The molecule has 0 radical (unpaired) electrons. The highest BCUT2D eigenvalue weighted by atomic mass is 16.6. The molecule has 1 fully saturated rings. The van der Waals surface area contributed by atoms with E-state index >= 15 is 0 Å². The Labute approximate surface area is 129 Å². The van der Waals surface area contributed by atoms with Crippen LogP contribution in [0.4, 0.5) is 0 Å². The van der Waals surface area contributed by atoms with Crippen molar-refractivity contribution in [3.8, 4) is 11.5 Å². The number of epoxide rings is 1. The molecule has 1 aromatic rings. The van der Waals surface area contributed by atoms with E-state index in [1.165, 1.54) is 17.7 Å². The molecule has 0 spiro atoms. The van der Waals surface area contributed by atoms with E-state index in [0.29, 0.717) is 5.56 Å². The SMILES string of the molecule is CC(C)=CCCC1(C)Oc2c(O)ccc(C(=O)O)c2C2OC21.